The van der Waals surface area contributed by atoms with Crippen molar-refractivity contribution in [2.45, 2.75) is 46.8 Å². The molecule has 0 aliphatic carbocycles. The number of carbonyl (C=O) groups excluding carboxylic acids is 1. The van der Waals surface area contributed by atoms with Gasteiger partial charge >= 0.3 is 0 Å². The first-order valence-electron chi connectivity index (χ1n) is 12.8. The lowest BCUT2D eigenvalue weighted by molar-refractivity contribution is 0.0580. The number of nitrogens with zero attached hydrogens (tertiary/aromatic N) is 4. The van der Waals surface area contributed by atoms with Crippen molar-refractivity contribution < 1.29 is 14.6 Å². The van der Waals surface area contributed by atoms with Gasteiger partial charge in [-0.3, -0.25) is 19.3 Å². The maximum absolute atomic E-state index is 13.0. The number of pyridine rings is 2. The summed E-state index contributed by atoms with van der Waals surface area (Å²) in [5.74, 6) is 0.957. The van der Waals surface area contributed by atoms with Crippen LogP contribution in [0.2, 0.25) is 0 Å². The van der Waals surface area contributed by atoms with Crippen molar-refractivity contribution >= 4 is 27.7 Å². The molecule has 0 saturated heterocycles. The van der Waals surface area contributed by atoms with E-state index in [1.54, 1.807) is 50.2 Å². The highest BCUT2D eigenvalue weighted by atomic mass is 16.5. The van der Waals surface area contributed by atoms with Crippen LogP contribution < -0.4 is 15.6 Å². The van der Waals surface area contributed by atoms with Gasteiger partial charge in [0.15, 0.2) is 0 Å². The van der Waals surface area contributed by atoms with Crippen LogP contribution in [-0.2, 0) is 13.6 Å². The Labute approximate surface area is 225 Å². The van der Waals surface area contributed by atoms with Crippen LogP contribution in [0, 0.1) is 13.8 Å². The summed E-state index contributed by atoms with van der Waals surface area (Å²) in [6, 6.07) is 5.52. The summed E-state index contributed by atoms with van der Waals surface area (Å²) in [5.41, 5.74) is 3.30. The Hall–Kier alpha value is -4.44. The second-order valence-electron chi connectivity index (χ2n) is 10.5. The number of aromatic nitrogens is 5. The maximum atomic E-state index is 13.0. The van der Waals surface area contributed by atoms with E-state index < -0.39 is 5.60 Å². The van der Waals surface area contributed by atoms with Crippen molar-refractivity contribution in [3.05, 3.63) is 70.2 Å². The van der Waals surface area contributed by atoms with E-state index in [9.17, 15) is 14.7 Å². The third kappa shape index (κ3) is 5.03. The van der Waals surface area contributed by atoms with Crippen LogP contribution in [0.5, 0.6) is 11.5 Å². The van der Waals surface area contributed by atoms with Crippen molar-refractivity contribution in [1.29, 1.82) is 0 Å². The van der Waals surface area contributed by atoms with Crippen LogP contribution >= 0.6 is 0 Å². The third-order valence-electron chi connectivity index (χ3n) is 6.50. The lowest BCUT2D eigenvalue weighted by atomic mass is 10.0. The Balaban J connectivity index is 1.77. The van der Waals surface area contributed by atoms with Gasteiger partial charge in [-0.1, -0.05) is 0 Å². The number of hydrogen-bond acceptors (Lipinski definition) is 6. The average Bonchev–Trinajstić information content (AvgIpc) is 3.46. The molecule has 0 saturated carbocycles. The Morgan fingerprint density at radius 1 is 1.13 bits per heavy atom. The van der Waals surface area contributed by atoms with Crippen LogP contribution in [0.4, 0.5) is 0 Å². The molecule has 0 aliphatic rings. The van der Waals surface area contributed by atoms with E-state index in [1.807, 2.05) is 39.1 Å². The Morgan fingerprint density at radius 3 is 2.51 bits per heavy atom. The zero-order valence-electron chi connectivity index (χ0n) is 22.9. The van der Waals surface area contributed by atoms with Gasteiger partial charge in [0, 0.05) is 71.4 Å². The van der Waals surface area contributed by atoms with E-state index in [0.29, 0.717) is 57.8 Å². The molecule has 4 heterocycles. The number of amides is 1. The van der Waals surface area contributed by atoms with Gasteiger partial charge in [0.25, 0.3) is 11.5 Å². The molecule has 202 valence electrons. The number of hydrogen-bond donors (Lipinski definition) is 3. The van der Waals surface area contributed by atoms with Crippen molar-refractivity contribution in [2.24, 2.45) is 7.05 Å². The standard InChI is InChI=1S/C29H32N6O4/c1-7-31-27(36)23-10-20-21(14-34(6)28(37)25(20)32-23)19-9-22-18(13-35(33-22)15-29(4,5)38)8-24(19)39-26-16(2)11-30-12-17(26)3/h8-14,32,38H,7,15H2,1-6H3,(H,31,36). The van der Waals surface area contributed by atoms with E-state index in [4.69, 9.17) is 9.84 Å². The zero-order valence-corrected chi connectivity index (χ0v) is 22.9. The van der Waals surface area contributed by atoms with E-state index in [2.05, 4.69) is 15.3 Å². The van der Waals surface area contributed by atoms with Gasteiger partial charge in [-0.25, -0.2) is 0 Å². The summed E-state index contributed by atoms with van der Waals surface area (Å²) in [6.45, 7) is 9.94. The van der Waals surface area contributed by atoms with E-state index in [-0.39, 0.29) is 11.5 Å². The fourth-order valence-electron chi connectivity index (χ4n) is 4.76. The summed E-state index contributed by atoms with van der Waals surface area (Å²) in [7, 11) is 1.67. The van der Waals surface area contributed by atoms with Crippen LogP contribution in [0.3, 0.4) is 0 Å². The second-order valence-corrected chi connectivity index (χ2v) is 10.5. The van der Waals surface area contributed by atoms with Gasteiger partial charge in [0.2, 0.25) is 0 Å². The number of rotatable bonds is 7. The molecule has 0 spiro atoms. The normalized spacial score (nSPS) is 11.9. The van der Waals surface area contributed by atoms with Crippen LogP contribution in [0.1, 0.15) is 42.4 Å². The SMILES string of the molecule is CCNC(=O)c1cc2c(-c3cc4nn(CC(C)(C)O)cc4cc3Oc3c(C)cncc3C)cn(C)c(=O)c2[nH]1. The van der Waals surface area contributed by atoms with Crippen molar-refractivity contribution in [1.82, 2.24) is 29.6 Å². The maximum Gasteiger partial charge on any atom is 0.274 e. The number of aliphatic hydroxyl groups is 1. The number of fused-ring (bicyclic) bond motifs is 2. The molecule has 39 heavy (non-hydrogen) atoms. The fraction of sp³-hybridized carbons (Fsp3) is 0.310. The minimum absolute atomic E-state index is 0.247. The summed E-state index contributed by atoms with van der Waals surface area (Å²) < 4.78 is 9.75. The molecule has 0 atom stereocenters. The number of aryl methyl sites for hydroxylation is 3. The van der Waals surface area contributed by atoms with Crippen LogP contribution in [-0.4, -0.2) is 47.5 Å². The Bertz CT molecular complexity index is 1770. The Kier molecular flexibility index (Phi) is 6.51. The van der Waals surface area contributed by atoms with Gasteiger partial charge in [-0.2, -0.15) is 5.10 Å². The van der Waals surface area contributed by atoms with E-state index >= 15 is 0 Å². The number of carbonyl (C=O) groups is 1. The third-order valence-corrected chi connectivity index (χ3v) is 6.50. The molecule has 1 amide bonds. The lowest BCUT2D eigenvalue weighted by Crippen LogP contribution is -2.26. The number of H-pyrrole nitrogens is 1. The predicted molar refractivity (Wildman–Crippen MR) is 150 cm³/mol. The molecule has 5 rings (SSSR count). The molecule has 10 heteroatoms. The molecule has 0 aliphatic heterocycles. The van der Waals surface area contributed by atoms with Gasteiger partial charge in [0.05, 0.1) is 17.7 Å². The molecule has 3 N–H and O–H groups in total. The molecule has 0 bridgehead atoms. The molecule has 5 aromatic rings. The zero-order chi connectivity index (χ0) is 28.1. The molecule has 0 radical (unpaired) electrons. The highest BCUT2D eigenvalue weighted by Crippen LogP contribution is 2.40. The Morgan fingerprint density at radius 2 is 1.85 bits per heavy atom. The minimum atomic E-state index is -0.945. The number of aromatic amines is 1. The molecule has 0 unspecified atom stereocenters. The largest absolute Gasteiger partial charge is 0.456 e. The molecule has 4 aromatic heterocycles. The van der Waals surface area contributed by atoms with E-state index in [0.717, 1.165) is 16.5 Å². The summed E-state index contributed by atoms with van der Waals surface area (Å²) in [4.78, 5) is 32.9. The van der Waals surface area contributed by atoms with Crippen molar-refractivity contribution in [3.63, 3.8) is 0 Å². The minimum Gasteiger partial charge on any atom is -0.456 e. The number of ether oxygens (including phenoxy) is 1. The van der Waals surface area contributed by atoms with Gasteiger partial charge in [-0.15, -0.1) is 0 Å². The molecule has 1 aromatic carbocycles. The summed E-state index contributed by atoms with van der Waals surface area (Å²) in [6.07, 6.45) is 7.11. The molecular weight excluding hydrogens is 496 g/mol. The van der Waals surface area contributed by atoms with Crippen LogP contribution in [0.25, 0.3) is 32.9 Å². The topological polar surface area (TPSA) is 127 Å². The molecule has 0 fully saturated rings. The smallest absolute Gasteiger partial charge is 0.274 e. The first-order chi connectivity index (χ1) is 18.4. The van der Waals surface area contributed by atoms with E-state index in [1.165, 1.54) is 4.57 Å². The highest BCUT2D eigenvalue weighted by molar-refractivity contribution is 6.04. The average molecular weight is 529 g/mol. The molecule has 10 nitrogen and oxygen atoms in total. The quantitative estimate of drug-likeness (QED) is 0.290. The summed E-state index contributed by atoms with van der Waals surface area (Å²) in [5, 5.41) is 19.2. The second kappa shape index (κ2) is 9.70. The van der Waals surface area contributed by atoms with Crippen molar-refractivity contribution in [2.75, 3.05) is 6.54 Å². The van der Waals surface area contributed by atoms with Gasteiger partial charge < -0.3 is 24.7 Å². The highest BCUT2D eigenvalue weighted by Gasteiger charge is 2.21. The first kappa shape index (κ1) is 26.2. The van der Waals surface area contributed by atoms with Gasteiger partial charge in [-0.05, 0) is 52.8 Å². The number of benzene rings is 1. The predicted octanol–water partition coefficient (Wildman–Crippen LogP) is 4.21. The molecular formula is C29H32N6O4. The number of nitrogens with one attached hydrogen (secondary N) is 2. The lowest BCUT2D eigenvalue weighted by Gasteiger charge is -2.16. The fourth-order valence-corrected chi connectivity index (χ4v) is 4.76. The monoisotopic (exact) mass is 528 g/mol. The summed E-state index contributed by atoms with van der Waals surface area (Å²) >= 11 is 0. The van der Waals surface area contributed by atoms with Crippen molar-refractivity contribution in [3.8, 4) is 22.6 Å². The van der Waals surface area contributed by atoms with Gasteiger partial charge in [0.1, 0.15) is 22.7 Å². The van der Waals surface area contributed by atoms with Crippen LogP contribution in [0.15, 0.2) is 47.8 Å². The first-order valence-corrected chi connectivity index (χ1v) is 12.8.